The van der Waals surface area contributed by atoms with E-state index >= 15 is 0 Å². The third kappa shape index (κ3) is 5.87. The third-order valence-corrected chi connectivity index (χ3v) is 4.71. The lowest BCUT2D eigenvalue weighted by molar-refractivity contribution is -0.126. The number of carbonyl (C=O) groups excluding carboxylic acids is 2. The van der Waals surface area contributed by atoms with Gasteiger partial charge in [-0.05, 0) is 30.5 Å². The zero-order valence-corrected chi connectivity index (χ0v) is 15.5. The van der Waals surface area contributed by atoms with Crippen molar-refractivity contribution in [2.24, 2.45) is 0 Å². The maximum atomic E-state index is 13.2. The van der Waals surface area contributed by atoms with Crippen LogP contribution in [0.5, 0.6) is 0 Å². The van der Waals surface area contributed by atoms with Gasteiger partial charge in [0.25, 0.3) is 0 Å². The summed E-state index contributed by atoms with van der Waals surface area (Å²) in [5.74, 6) is -2.32. The molecule has 2 rings (SSSR count). The first kappa shape index (κ1) is 20.0. The number of benzene rings is 1. The van der Waals surface area contributed by atoms with Gasteiger partial charge in [-0.25, -0.2) is 13.8 Å². The normalized spacial score (nSPS) is 11.8. The van der Waals surface area contributed by atoms with Gasteiger partial charge in [-0.2, -0.15) is 0 Å². The smallest absolute Gasteiger partial charge is 0.248 e. The average Bonchev–Trinajstić information content (AvgIpc) is 3.01. The first-order chi connectivity index (χ1) is 12.4. The van der Waals surface area contributed by atoms with Gasteiger partial charge in [-0.15, -0.1) is 11.3 Å². The highest BCUT2D eigenvalue weighted by Gasteiger charge is 2.21. The second kappa shape index (κ2) is 9.38. The minimum Gasteiger partial charge on any atom is -0.344 e. The van der Waals surface area contributed by atoms with Crippen LogP contribution >= 0.6 is 11.3 Å². The minimum atomic E-state index is -0.744. The van der Waals surface area contributed by atoms with E-state index in [1.54, 1.807) is 6.20 Å². The lowest BCUT2D eigenvalue weighted by Crippen LogP contribution is -2.44. The molecule has 1 aromatic carbocycles. The fourth-order valence-corrected chi connectivity index (χ4v) is 3.18. The van der Waals surface area contributed by atoms with Crippen LogP contribution in [0.15, 0.2) is 24.4 Å². The van der Waals surface area contributed by atoms with Gasteiger partial charge in [0, 0.05) is 17.1 Å². The Morgan fingerprint density at radius 2 is 1.88 bits per heavy atom. The van der Waals surface area contributed by atoms with Gasteiger partial charge >= 0.3 is 0 Å². The molecule has 0 fully saturated rings. The largest absolute Gasteiger partial charge is 0.344 e. The molecule has 140 valence electrons. The molecule has 1 aromatic heterocycles. The fraction of sp³-hybridized carbons (Fsp3) is 0.389. The fourth-order valence-electron chi connectivity index (χ4n) is 2.42. The Kier molecular flexibility index (Phi) is 7.20. The highest BCUT2D eigenvalue weighted by Crippen LogP contribution is 2.18. The Labute approximate surface area is 154 Å². The lowest BCUT2D eigenvalue weighted by Gasteiger charge is -2.17. The molecule has 1 atom stereocenters. The summed E-state index contributed by atoms with van der Waals surface area (Å²) in [6, 6.07) is 2.20. The molecule has 2 aromatic rings. The number of rotatable bonds is 8. The molecule has 0 aliphatic rings. The average molecular weight is 381 g/mol. The van der Waals surface area contributed by atoms with Gasteiger partial charge in [0.1, 0.15) is 17.7 Å². The van der Waals surface area contributed by atoms with Gasteiger partial charge in [0.2, 0.25) is 11.8 Å². The predicted octanol–water partition coefficient (Wildman–Crippen LogP) is 3.45. The van der Waals surface area contributed by atoms with E-state index in [0.717, 1.165) is 29.5 Å². The summed E-state index contributed by atoms with van der Waals surface area (Å²) in [6.45, 7) is 3.89. The van der Waals surface area contributed by atoms with E-state index in [-0.39, 0.29) is 17.9 Å². The number of anilines is 1. The second-order valence-electron chi connectivity index (χ2n) is 5.84. The summed E-state index contributed by atoms with van der Waals surface area (Å²) in [6.07, 6.45) is 3.45. The quantitative estimate of drug-likeness (QED) is 0.736. The van der Waals surface area contributed by atoms with Crippen LogP contribution in [0.4, 0.5) is 13.9 Å². The number of thiazole rings is 1. The van der Waals surface area contributed by atoms with Crippen molar-refractivity contribution in [3.63, 3.8) is 0 Å². The Morgan fingerprint density at radius 3 is 2.46 bits per heavy atom. The van der Waals surface area contributed by atoms with E-state index in [1.807, 2.05) is 13.8 Å². The summed E-state index contributed by atoms with van der Waals surface area (Å²) >= 11 is 1.38. The zero-order valence-electron chi connectivity index (χ0n) is 14.6. The van der Waals surface area contributed by atoms with Crippen molar-refractivity contribution >= 4 is 28.3 Å². The van der Waals surface area contributed by atoms with Crippen LogP contribution in [0.2, 0.25) is 0 Å². The van der Waals surface area contributed by atoms with E-state index in [0.29, 0.717) is 18.0 Å². The van der Waals surface area contributed by atoms with E-state index in [1.165, 1.54) is 11.3 Å². The van der Waals surface area contributed by atoms with Crippen LogP contribution in [-0.4, -0.2) is 22.8 Å². The van der Waals surface area contributed by atoms with Gasteiger partial charge in [-0.1, -0.05) is 20.3 Å². The zero-order chi connectivity index (χ0) is 19.1. The van der Waals surface area contributed by atoms with Gasteiger partial charge < -0.3 is 10.6 Å². The summed E-state index contributed by atoms with van der Waals surface area (Å²) < 4.78 is 26.4. The maximum Gasteiger partial charge on any atom is 0.248 e. The van der Waals surface area contributed by atoms with E-state index in [2.05, 4.69) is 15.6 Å². The molecule has 0 aliphatic heterocycles. The van der Waals surface area contributed by atoms with E-state index in [9.17, 15) is 18.4 Å². The van der Waals surface area contributed by atoms with Crippen molar-refractivity contribution in [1.29, 1.82) is 0 Å². The third-order valence-electron chi connectivity index (χ3n) is 3.65. The molecule has 8 heteroatoms. The Bertz CT molecular complexity index is 759. The molecule has 5 nitrogen and oxygen atoms in total. The number of aromatic nitrogens is 1. The SMILES string of the molecule is CCCC(NC(=O)Cc1cc(F)cc(F)c1)C(=O)Nc1ncc(CC)s1. The summed E-state index contributed by atoms with van der Waals surface area (Å²) in [5, 5.41) is 5.81. The number of carbonyl (C=O) groups is 2. The molecule has 2 amide bonds. The highest BCUT2D eigenvalue weighted by atomic mass is 32.1. The van der Waals surface area contributed by atoms with E-state index in [4.69, 9.17) is 0 Å². The van der Waals surface area contributed by atoms with Crippen LogP contribution in [0.3, 0.4) is 0 Å². The Hall–Kier alpha value is -2.35. The summed E-state index contributed by atoms with van der Waals surface area (Å²) in [7, 11) is 0. The maximum absolute atomic E-state index is 13.2. The number of nitrogens with zero attached hydrogens (tertiary/aromatic N) is 1. The highest BCUT2D eigenvalue weighted by molar-refractivity contribution is 7.15. The molecule has 26 heavy (non-hydrogen) atoms. The topological polar surface area (TPSA) is 71.1 Å². The second-order valence-corrected chi connectivity index (χ2v) is 6.95. The van der Waals surface area contributed by atoms with Gasteiger partial charge in [-0.3, -0.25) is 9.59 Å². The molecule has 0 aliphatic carbocycles. The predicted molar refractivity (Wildman–Crippen MR) is 97.0 cm³/mol. The van der Waals surface area contributed by atoms with Crippen molar-refractivity contribution in [2.45, 2.75) is 45.6 Å². The summed E-state index contributed by atoms with van der Waals surface area (Å²) in [4.78, 5) is 29.8. The van der Waals surface area contributed by atoms with Crippen LogP contribution < -0.4 is 10.6 Å². The van der Waals surface area contributed by atoms with Crippen LogP contribution in [-0.2, 0) is 22.4 Å². The molecule has 2 N–H and O–H groups in total. The molecule has 1 heterocycles. The first-order valence-corrected chi connectivity index (χ1v) is 9.22. The van der Waals surface area contributed by atoms with Gasteiger partial charge in [0.15, 0.2) is 5.13 Å². The first-order valence-electron chi connectivity index (χ1n) is 8.41. The van der Waals surface area contributed by atoms with Crippen LogP contribution in [0.1, 0.15) is 37.1 Å². The van der Waals surface area contributed by atoms with Crippen molar-refractivity contribution in [3.05, 3.63) is 46.5 Å². The molecular formula is C18H21F2N3O2S. The molecule has 0 bridgehead atoms. The van der Waals surface area contributed by atoms with Crippen molar-refractivity contribution in [2.75, 3.05) is 5.32 Å². The van der Waals surface area contributed by atoms with Crippen LogP contribution in [0.25, 0.3) is 0 Å². The summed E-state index contributed by atoms with van der Waals surface area (Å²) in [5.41, 5.74) is 0.211. The molecule has 0 saturated heterocycles. The Morgan fingerprint density at radius 1 is 1.19 bits per heavy atom. The number of hydrogen-bond donors (Lipinski definition) is 2. The molecule has 0 spiro atoms. The molecular weight excluding hydrogens is 360 g/mol. The monoisotopic (exact) mass is 381 g/mol. The van der Waals surface area contributed by atoms with Crippen LogP contribution in [0, 0.1) is 11.6 Å². The van der Waals surface area contributed by atoms with Gasteiger partial charge in [0.05, 0.1) is 6.42 Å². The Balaban J connectivity index is 1.99. The molecule has 0 saturated carbocycles. The molecule has 1 unspecified atom stereocenters. The van der Waals surface area contributed by atoms with Crippen molar-refractivity contribution in [3.8, 4) is 0 Å². The number of hydrogen-bond acceptors (Lipinski definition) is 4. The minimum absolute atomic E-state index is 0.209. The standard InChI is InChI=1S/C18H21F2N3O2S/c1-3-5-15(17(25)23-18-21-10-14(4-2)26-18)22-16(24)8-11-6-12(19)9-13(20)7-11/h6-7,9-10,15H,3-5,8H2,1-2H3,(H,22,24)(H,21,23,25). The number of nitrogens with one attached hydrogen (secondary N) is 2. The van der Waals surface area contributed by atoms with Crippen molar-refractivity contribution < 1.29 is 18.4 Å². The number of aryl methyl sites for hydroxylation is 1. The number of amides is 2. The lowest BCUT2D eigenvalue weighted by atomic mass is 10.1. The van der Waals surface area contributed by atoms with Crippen molar-refractivity contribution in [1.82, 2.24) is 10.3 Å². The number of halogens is 2. The van der Waals surface area contributed by atoms with E-state index < -0.39 is 23.6 Å². The molecule has 0 radical (unpaired) electrons.